The zero-order valence-electron chi connectivity index (χ0n) is 22.8. The van der Waals surface area contributed by atoms with Crippen molar-refractivity contribution in [3.8, 4) is 0 Å². The van der Waals surface area contributed by atoms with Gasteiger partial charge in [0, 0.05) is 22.0 Å². The van der Waals surface area contributed by atoms with Crippen molar-refractivity contribution in [3.63, 3.8) is 0 Å². The third-order valence-corrected chi connectivity index (χ3v) is 10.6. The number of hydrogen-bond acceptors (Lipinski definition) is 6. The molecule has 11 heteroatoms. The van der Waals surface area contributed by atoms with Crippen molar-refractivity contribution in [2.45, 2.75) is 28.1 Å². The number of thiocarbonyl (C=S) groups is 1. The molecule has 7 nitrogen and oxygen atoms in total. The normalized spacial score (nSPS) is 19.9. The summed E-state index contributed by atoms with van der Waals surface area (Å²) in [4.78, 5) is 28.9. The molecule has 1 aliphatic heterocycles. The summed E-state index contributed by atoms with van der Waals surface area (Å²) in [6.07, 6.45) is -0.258. The highest BCUT2D eigenvalue weighted by Gasteiger charge is 2.63. The van der Waals surface area contributed by atoms with Crippen molar-refractivity contribution in [3.05, 3.63) is 136 Å². The molecule has 0 bridgehead atoms. The minimum absolute atomic E-state index is 0.0583. The van der Waals surface area contributed by atoms with Crippen LogP contribution in [0.4, 0.5) is 0 Å². The average molecular weight is 654 g/mol. The Labute approximate surface area is 265 Å². The molecule has 0 unspecified atom stereocenters. The Balaban J connectivity index is 1.79. The number of nitrogens with zero attached hydrogens (tertiary/aromatic N) is 1. The number of sulfone groups is 1. The van der Waals surface area contributed by atoms with E-state index in [1.165, 1.54) is 30.2 Å². The van der Waals surface area contributed by atoms with Gasteiger partial charge in [-0.1, -0.05) is 96.0 Å². The fourth-order valence-corrected chi connectivity index (χ4v) is 8.44. The topological polar surface area (TPSA) is 92.8 Å². The van der Waals surface area contributed by atoms with E-state index in [2.05, 4.69) is 5.32 Å². The van der Waals surface area contributed by atoms with E-state index in [1.54, 1.807) is 91.0 Å². The van der Waals surface area contributed by atoms with Gasteiger partial charge in [0.1, 0.15) is 0 Å². The summed E-state index contributed by atoms with van der Waals surface area (Å²) < 4.78 is 34.3. The number of ether oxygens (including phenoxy) is 1. The maximum Gasteiger partial charge on any atom is 0.336 e. The molecule has 4 aromatic carbocycles. The second kappa shape index (κ2) is 12.5. The zero-order valence-corrected chi connectivity index (χ0v) is 26.0. The van der Waals surface area contributed by atoms with Gasteiger partial charge in [-0.3, -0.25) is 10.1 Å². The molecular formula is C32H26Cl2N2O5S2. The molecular weight excluding hydrogens is 627 g/mol. The number of esters is 1. The number of carbonyl (C=O) groups excluding carboxylic acids is 2. The van der Waals surface area contributed by atoms with Crippen LogP contribution in [0, 0.1) is 0 Å². The molecule has 0 aliphatic carbocycles. The summed E-state index contributed by atoms with van der Waals surface area (Å²) in [7, 11) is -2.92. The van der Waals surface area contributed by atoms with Gasteiger partial charge >= 0.3 is 5.97 Å². The summed E-state index contributed by atoms with van der Waals surface area (Å²) in [6.45, 7) is 0. The van der Waals surface area contributed by atoms with Crippen molar-refractivity contribution in [2.75, 3.05) is 7.11 Å². The number of nitrogens with one attached hydrogen (secondary N) is 1. The Morgan fingerprint density at radius 2 is 1.49 bits per heavy atom. The predicted octanol–water partition coefficient (Wildman–Crippen LogP) is 6.37. The first-order valence-electron chi connectivity index (χ1n) is 13.2. The quantitative estimate of drug-likeness (QED) is 0.191. The second-order valence-electron chi connectivity index (χ2n) is 9.92. The molecule has 0 spiro atoms. The molecule has 1 heterocycles. The molecule has 1 amide bonds. The van der Waals surface area contributed by atoms with Crippen molar-refractivity contribution in [1.82, 2.24) is 10.2 Å². The van der Waals surface area contributed by atoms with Gasteiger partial charge in [0.25, 0.3) is 5.91 Å². The lowest BCUT2D eigenvalue weighted by Crippen LogP contribution is -2.55. The standard InChI is InChI=1S/C32H26Cl2N2O5S2/c1-41-30(38)32(22-13-7-3-8-14-22)20-27(43(39,40)24-15-9-4-10-16-24)28(25-18-17-23(33)19-26(25)34)36(32)31(42)35-29(37)21-11-5-2-6-12-21/h2-19,27-28H,20H2,1H3,(H,35,37,42)/t27-,28-,32+/m0/s1. The minimum atomic E-state index is -4.14. The molecule has 1 fully saturated rings. The van der Waals surface area contributed by atoms with E-state index >= 15 is 0 Å². The van der Waals surface area contributed by atoms with E-state index in [4.69, 9.17) is 40.2 Å². The molecule has 0 aromatic heterocycles. The molecule has 43 heavy (non-hydrogen) atoms. The Bertz CT molecular complexity index is 1770. The minimum Gasteiger partial charge on any atom is -0.467 e. The summed E-state index contributed by atoms with van der Waals surface area (Å²) in [6, 6.07) is 28.5. The molecule has 5 rings (SSSR count). The first-order valence-corrected chi connectivity index (χ1v) is 15.9. The highest BCUT2D eigenvalue weighted by molar-refractivity contribution is 7.92. The van der Waals surface area contributed by atoms with Crippen molar-refractivity contribution < 1.29 is 22.7 Å². The van der Waals surface area contributed by atoms with Crippen LogP contribution in [-0.4, -0.2) is 42.7 Å². The van der Waals surface area contributed by atoms with E-state index < -0.39 is 38.5 Å². The van der Waals surface area contributed by atoms with Crippen LogP contribution >= 0.6 is 35.4 Å². The highest BCUT2D eigenvalue weighted by Crippen LogP contribution is 2.54. The Morgan fingerprint density at radius 3 is 2.07 bits per heavy atom. The van der Waals surface area contributed by atoms with E-state index in [1.807, 2.05) is 0 Å². The van der Waals surface area contributed by atoms with E-state index in [9.17, 15) is 18.0 Å². The van der Waals surface area contributed by atoms with Gasteiger partial charge in [0.05, 0.1) is 23.3 Å². The van der Waals surface area contributed by atoms with Gasteiger partial charge in [0.15, 0.2) is 20.5 Å². The summed E-state index contributed by atoms with van der Waals surface area (Å²) in [5, 5.41) is 1.79. The van der Waals surface area contributed by atoms with E-state index in [-0.39, 0.29) is 21.5 Å². The van der Waals surface area contributed by atoms with Gasteiger partial charge in [-0.15, -0.1) is 0 Å². The highest BCUT2D eigenvalue weighted by atomic mass is 35.5. The van der Waals surface area contributed by atoms with Crippen LogP contribution in [-0.2, 0) is 24.9 Å². The van der Waals surface area contributed by atoms with Gasteiger partial charge < -0.3 is 9.64 Å². The van der Waals surface area contributed by atoms with Crippen LogP contribution < -0.4 is 5.32 Å². The van der Waals surface area contributed by atoms with E-state index in [0.29, 0.717) is 21.7 Å². The van der Waals surface area contributed by atoms with Crippen LogP contribution in [0.2, 0.25) is 10.0 Å². The molecule has 0 saturated carbocycles. The number of amides is 1. The molecule has 1 N–H and O–H groups in total. The monoisotopic (exact) mass is 652 g/mol. The number of hydrogen-bond donors (Lipinski definition) is 1. The van der Waals surface area contributed by atoms with Gasteiger partial charge in [-0.05, 0) is 59.7 Å². The number of rotatable bonds is 6. The summed E-state index contributed by atoms with van der Waals surface area (Å²) >= 11 is 18.8. The van der Waals surface area contributed by atoms with Crippen molar-refractivity contribution in [1.29, 1.82) is 0 Å². The van der Waals surface area contributed by atoms with Gasteiger partial charge in [-0.25, -0.2) is 13.2 Å². The van der Waals surface area contributed by atoms with Crippen LogP contribution in [0.3, 0.4) is 0 Å². The molecule has 0 radical (unpaired) electrons. The lowest BCUT2D eigenvalue weighted by atomic mass is 9.87. The number of methoxy groups -OCH3 is 1. The van der Waals surface area contributed by atoms with Crippen LogP contribution in [0.15, 0.2) is 114 Å². The zero-order chi connectivity index (χ0) is 30.8. The molecule has 220 valence electrons. The van der Waals surface area contributed by atoms with Crippen LogP contribution in [0.25, 0.3) is 0 Å². The molecule has 1 aliphatic rings. The van der Waals surface area contributed by atoms with Crippen molar-refractivity contribution in [2.24, 2.45) is 0 Å². The largest absolute Gasteiger partial charge is 0.467 e. The molecule has 1 saturated heterocycles. The predicted molar refractivity (Wildman–Crippen MR) is 170 cm³/mol. The average Bonchev–Trinajstić information content (AvgIpc) is 3.40. The maximum atomic E-state index is 14.5. The number of halogens is 2. The number of benzene rings is 4. The lowest BCUT2D eigenvalue weighted by Gasteiger charge is -2.41. The third kappa shape index (κ3) is 5.65. The Hall–Kier alpha value is -3.76. The number of carbonyl (C=O) groups is 2. The first kappa shape index (κ1) is 30.7. The van der Waals surface area contributed by atoms with Crippen molar-refractivity contribution >= 4 is 62.2 Å². The van der Waals surface area contributed by atoms with Gasteiger partial charge in [0.2, 0.25) is 0 Å². The lowest BCUT2D eigenvalue weighted by molar-refractivity contribution is -0.152. The SMILES string of the molecule is COC(=O)[C@]1(c2ccccc2)C[C@H](S(=O)(=O)c2ccccc2)[C@H](c2ccc(Cl)cc2Cl)N1C(=S)NC(=O)c1ccccc1. The molecule has 4 aromatic rings. The first-order chi connectivity index (χ1) is 20.6. The fourth-order valence-electron chi connectivity index (χ4n) is 5.61. The Kier molecular flexibility index (Phi) is 8.89. The molecule has 3 atom stereocenters. The van der Waals surface area contributed by atoms with E-state index in [0.717, 1.165) is 0 Å². The fraction of sp³-hybridized carbons (Fsp3) is 0.156. The second-order valence-corrected chi connectivity index (χ2v) is 13.3. The summed E-state index contributed by atoms with van der Waals surface area (Å²) in [5.74, 6) is -1.29. The van der Waals surface area contributed by atoms with Crippen LogP contribution in [0.5, 0.6) is 0 Å². The summed E-state index contributed by atoms with van der Waals surface area (Å²) in [5.41, 5.74) is -0.661. The number of likely N-dealkylation sites (tertiary alicyclic amines) is 1. The third-order valence-electron chi connectivity index (χ3n) is 7.54. The smallest absolute Gasteiger partial charge is 0.336 e. The van der Waals surface area contributed by atoms with Crippen LogP contribution in [0.1, 0.15) is 33.9 Å². The van der Waals surface area contributed by atoms with Gasteiger partial charge in [-0.2, -0.15) is 0 Å². The maximum absolute atomic E-state index is 14.5. The Morgan fingerprint density at radius 1 is 0.907 bits per heavy atom.